The molecule has 31 heavy (non-hydrogen) atoms. The van der Waals surface area contributed by atoms with Crippen LogP contribution in [0.5, 0.6) is 0 Å². The molecule has 5 N–H and O–H groups in total. The van der Waals surface area contributed by atoms with Crippen LogP contribution in [0.1, 0.15) is 19.8 Å². The summed E-state index contributed by atoms with van der Waals surface area (Å²) >= 11 is 0. The Morgan fingerprint density at radius 2 is 1.71 bits per heavy atom. The Morgan fingerprint density at radius 3 is 2.35 bits per heavy atom. The molecule has 0 spiro atoms. The number of amides is 3. The molecule has 8 nitrogen and oxygen atoms in total. The van der Waals surface area contributed by atoms with Gasteiger partial charge in [0.2, 0.25) is 17.7 Å². The van der Waals surface area contributed by atoms with Crippen LogP contribution in [0.15, 0.2) is 55.1 Å². The third-order valence-electron chi connectivity index (χ3n) is 4.77. The minimum Gasteiger partial charge on any atom is -0.394 e. The highest BCUT2D eigenvalue weighted by Gasteiger charge is 2.26. The van der Waals surface area contributed by atoms with E-state index >= 15 is 0 Å². The number of benzene rings is 2. The molecule has 0 fully saturated rings. The van der Waals surface area contributed by atoms with Crippen LogP contribution < -0.4 is 16.0 Å². The average molecular weight is 428 g/mol. The number of aliphatic hydroxyl groups is 2. The predicted molar refractivity (Wildman–Crippen MR) is 119 cm³/mol. The van der Waals surface area contributed by atoms with Crippen molar-refractivity contribution in [1.82, 2.24) is 10.6 Å². The van der Waals surface area contributed by atoms with Crippen molar-refractivity contribution in [3.63, 3.8) is 0 Å². The van der Waals surface area contributed by atoms with Crippen LogP contribution in [0.4, 0.5) is 5.69 Å². The lowest BCUT2D eigenvalue weighted by Gasteiger charge is -2.21. The Bertz CT molecular complexity index is 930. The molecule has 0 bridgehead atoms. The van der Waals surface area contributed by atoms with Gasteiger partial charge in [-0.2, -0.15) is 0 Å². The second-order valence-corrected chi connectivity index (χ2v) is 7.37. The number of hydrogen-bond donors (Lipinski definition) is 5. The first-order chi connectivity index (χ1) is 14.9. The van der Waals surface area contributed by atoms with Gasteiger partial charge in [-0.15, -0.1) is 6.58 Å². The Kier molecular flexibility index (Phi) is 9.17. The summed E-state index contributed by atoms with van der Waals surface area (Å²) < 4.78 is 0. The summed E-state index contributed by atoms with van der Waals surface area (Å²) in [7, 11) is 0. The van der Waals surface area contributed by atoms with Crippen molar-refractivity contribution in [2.75, 3.05) is 18.5 Å². The Balaban J connectivity index is 2.02. The zero-order valence-corrected chi connectivity index (χ0v) is 17.5. The molecule has 0 saturated carbocycles. The highest BCUT2D eigenvalue weighted by molar-refractivity contribution is 5.99. The van der Waals surface area contributed by atoms with Crippen molar-refractivity contribution in [2.45, 2.75) is 31.8 Å². The first kappa shape index (κ1) is 24.0. The van der Waals surface area contributed by atoms with Gasteiger partial charge in [0.15, 0.2) is 0 Å². The normalized spacial score (nSPS) is 13.6. The maximum Gasteiger partial charge on any atom is 0.249 e. The molecule has 8 heteroatoms. The van der Waals surface area contributed by atoms with Gasteiger partial charge in [-0.05, 0) is 36.2 Å². The molecule has 2 rings (SSSR count). The van der Waals surface area contributed by atoms with Crippen molar-refractivity contribution < 1.29 is 24.6 Å². The van der Waals surface area contributed by atoms with E-state index in [0.717, 1.165) is 10.8 Å². The van der Waals surface area contributed by atoms with Gasteiger partial charge < -0.3 is 26.2 Å². The smallest absolute Gasteiger partial charge is 0.249 e. The number of fused-ring (bicyclic) bond motifs is 1. The number of allylic oxidation sites excluding steroid dienone is 1. The molecular formula is C23H29N3O5. The van der Waals surface area contributed by atoms with Crippen LogP contribution in [0.25, 0.3) is 10.8 Å². The highest BCUT2D eigenvalue weighted by Crippen LogP contribution is 2.19. The lowest BCUT2D eigenvalue weighted by molar-refractivity contribution is -0.133. The summed E-state index contributed by atoms with van der Waals surface area (Å²) in [6.07, 6.45) is 1.60. The van der Waals surface area contributed by atoms with Gasteiger partial charge in [-0.3, -0.25) is 14.4 Å². The van der Waals surface area contributed by atoms with E-state index in [1.54, 1.807) is 19.1 Å². The van der Waals surface area contributed by atoms with Gasteiger partial charge in [0.1, 0.15) is 6.04 Å². The van der Waals surface area contributed by atoms with Crippen LogP contribution >= 0.6 is 0 Å². The van der Waals surface area contributed by atoms with E-state index in [9.17, 15) is 19.5 Å². The number of carbonyl (C=O) groups excluding carboxylic acids is 3. The lowest BCUT2D eigenvalue weighted by atomic mass is 9.99. The van der Waals surface area contributed by atoms with Gasteiger partial charge in [-0.1, -0.05) is 36.4 Å². The van der Waals surface area contributed by atoms with E-state index in [1.807, 2.05) is 30.3 Å². The van der Waals surface area contributed by atoms with Crippen LogP contribution in [0, 0.1) is 5.92 Å². The summed E-state index contributed by atoms with van der Waals surface area (Å²) in [4.78, 5) is 37.3. The third kappa shape index (κ3) is 7.20. The average Bonchev–Trinajstić information content (AvgIpc) is 2.76. The third-order valence-corrected chi connectivity index (χ3v) is 4.77. The number of anilines is 1. The first-order valence-corrected chi connectivity index (χ1v) is 10.1. The quantitative estimate of drug-likeness (QED) is 0.346. The largest absolute Gasteiger partial charge is 0.394 e. The maximum atomic E-state index is 12.6. The summed E-state index contributed by atoms with van der Waals surface area (Å²) in [5.74, 6) is -2.27. The molecule has 0 saturated heterocycles. The molecule has 0 aliphatic heterocycles. The van der Waals surface area contributed by atoms with Gasteiger partial charge in [0.25, 0.3) is 0 Å². The molecule has 3 amide bonds. The number of aliphatic hydroxyl groups excluding tert-OH is 2. The molecule has 2 aromatic rings. The van der Waals surface area contributed by atoms with Crippen LogP contribution in [-0.4, -0.2) is 53.2 Å². The zero-order valence-electron chi connectivity index (χ0n) is 17.5. The van der Waals surface area contributed by atoms with Crippen molar-refractivity contribution in [3.8, 4) is 0 Å². The standard InChI is InChI=1S/C23H29N3O5/c1-3-6-18(12-21(29)24-15(2)13-27)22(30)26-20(14-28)23(31)25-19-10-9-16-7-4-5-8-17(16)11-19/h3-5,7-11,15,18,20,27-28H,1,6,12-14H2,2H3,(H,24,29)(H,25,31)(H,26,30)/t15-,18+,20-/m0/s1. The summed E-state index contributed by atoms with van der Waals surface area (Å²) in [5.41, 5.74) is 0.538. The number of carbonyl (C=O) groups is 3. The van der Waals surface area contributed by atoms with E-state index in [4.69, 9.17) is 5.11 Å². The minimum absolute atomic E-state index is 0.132. The number of rotatable bonds is 11. The monoisotopic (exact) mass is 427 g/mol. The van der Waals surface area contributed by atoms with Crippen molar-refractivity contribution in [3.05, 3.63) is 55.1 Å². The molecule has 166 valence electrons. The van der Waals surface area contributed by atoms with Gasteiger partial charge in [-0.25, -0.2) is 0 Å². The van der Waals surface area contributed by atoms with Crippen LogP contribution in [0.3, 0.4) is 0 Å². The molecule has 0 unspecified atom stereocenters. The fourth-order valence-electron chi connectivity index (χ4n) is 3.07. The Hall–Kier alpha value is -3.23. The SMILES string of the molecule is C=CC[C@H](CC(=O)N[C@@H](C)CO)C(=O)N[C@@H](CO)C(=O)Nc1ccc2ccccc2c1. The molecule has 3 atom stereocenters. The van der Waals surface area contributed by atoms with Crippen molar-refractivity contribution >= 4 is 34.2 Å². The number of nitrogens with one attached hydrogen (secondary N) is 3. The summed E-state index contributed by atoms with van der Waals surface area (Å²) in [6.45, 7) is 4.43. The zero-order chi connectivity index (χ0) is 22.8. The molecule has 0 aliphatic rings. The van der Waals surface area contributed by atoms with E-state index in [-0.39, 0.29) is 19.4 Å². The topological polar surface area (TPSA) is 128 Å². The fourth-order valence-corrected chi connectivity index (χ4v) is 3.07. The minimum atomic E-state index is -1.18. The predicted octanol–water partition coefficient (Wildman–Crippen LogP) is 1.33. The van der Waals surface area contributed by atoms with Crippen LogP contribution in [0.2, 0.25) is 0 Å². The summed E-state index contributed by atoms with van der Waals surface area (Å²) in [6, 6.07) is 11.5. The lowest BCUT2D eigenvalue weighted by Crippen LogP contribution is -2.49. The molecule has 2 aromatic carbocycles. The van der Waals surface area contributed by atoms with E-state index < -0.39 is 42.3 Å². The van der Waals surface area contributed by atoms with Gasteiger partial charge in [0, 0.05) is 18.2 Å². The Morgan fingerprint density at radius 1 is 1.00 bits per heavy atom. The van der Waals surface area contributed by atoms with Gasteiger partial charge >= 0.3 is 0 Å². The molecular weight excluding hydrogens is 398 g/mol. The van der Waals surface area contributed by atoms with Gasteiger partial charge in [0.05, 0.1) is 19.1 Å². The van der Waals surface area contributed by atoms with E-state index in [0.29, 0.717) is 5.69 Å². The Labute approximate surface area is 181 Å². The summed E-state index contributed by atoms with van der Waals surface area (Å²) in [5, 5.41) is 28.4. The van der Waals surface area contributed by atoms with Crippen LogP contribution in [-0.2, 0) is 14.4 Å². The first-order valence-electron chi connectivity index (χ1n) is 10.1. The van der Waals surface area contributed by atoms with Crippen molar-refractivity contribution in [1.29, 1.82) is 0 Å². The molecule has 0 aromatic heterocycles. The second kappa shape index (κ2) is 11.8. The molecule has 0 heterocycles. The van der Waals surface area contributed by atoms with E-state index in [1.165, 1.54) is 6.08 Å². The maximum absolute atomic E-state index is 12.6. The molecule has 0 aliphatic carbocycles. The second-order valence-electron chi connectivity index (χ2n) is 7.37. The van der Waals surface area contributed by atoms with Crippen molar-refractivity contribution in [2.24, 2.45) is 5.92 Å². The molecule has 0 radical (unpaired) electrons. The highest BCUT2D eigenvalue weighted by atomic mass is 16.3. The number of hydrogen-bond acceptors (Lipinski definition) is 5. The fraction of sp³-hybridized carbons (Fsp3) is 0.348. The van der Waals surface area contributed by atoms with E-state index in [2.05, 4.69) is 22.5 Å².